The number of aromatic nitrogens is 3. The first-order valence-corrected chi connectivity index (χ1v) is 12.6. The molecule has 1 aliphatic heterocycles. The Hall–Kier alpha value is -2.36. The Labute approximate surface area is 186 Å². The Kier molecular flexibility index (Phi) is 6.36. The molecule has 0 saturated carbocycles. The fourth-order valence-electron chi connectivity index (χ4n) is 3.99. The third-order valence-electron chi connectivity index (χ3n) is 5.51. The van der Waals surface area contributed by atoms with Crippen molar-refractivity contribution < 1.29 is 12.8 Å². The van der Waals surface area contributed by atoms with Crippen molar-refractivity contribution in [1.82, 2.24) is 19.2 Å². The minimum atomic E-state index is -2.99. The van der Waals surface area contributed by atoms with Gasteiger partial charge in [-0.15, -0.1) is 5.10 Å². The lowest BCUT2D eigenvalue weighted by molar-refractivity contribution is 0.155. The number of rotatable bonds is 7. The second-order valence-corrected chi connectivity index (χ2v) is 10.4. The minimum absolute atomic E-state index is 0.0389. The monoisotopic (exact) mass is 460 g/mol. The maximum atomic E-state index is 13.5. The Morgan fingerprint density at radius 1 is 1.16 bits per heavy atom. The van der Waals surface area contributed by atoms with Gasteiger partial charge in [0.15, 0.2) is 15.7 Å². The quantitative estimate of drug-likeness (QED) is 0.498. The molecule has 1 fully saturated rings. The molecule has 0 bridgehead atoms. The third kappa shape index (κ3) is 4.78. The molecule has 0 unspecified atom stereocenters. The molecular weight excluding hydrogens is 435 g/mol. The van der Waals surface area contributed by atoms with E-state index in [0.29, 0.717) is 23.7 Å². The van der Waals surface area contributed by atoms with E-state index in [1.54, 1.807) is 16.8 Å². The lowest BCUT2D eigenvalue weighted by atomic mass is 10.2. The molecule has 0 radical (unpaired) electrons. The van der Waals surface area contributed by atoms with Gasteiger partial charge in [-0.1, -0.05) is 37.3 Å². The Balaban J connectivity index is 1.76. The van der Waals surface area contributed by atoms with E-state index in [2.05, 4.69) is 11.8 Å². The molecule has 0 amide bonds. The number of benzene rings is 2. The first-order chi connectivity index (χ1) is 14.9. The predicted molar refractivity (Wildman–Crippen MR) is 122 cm³/mol. The summed E-state index contributed by atoms with van der Waals surface area (Å²) in [5, 5.41) is 4.80. The summed E-state index contributed by atoms with van der Waals surface area (Å²) in [5.41, 5.74) is 1.61. The van der Waals surface area contributed by atoms with Crippen molar-refractivity contribution in [2.75, 3.05) is 18.1 Å². The van der Waals surface area contributed by atoms with E-state index in [1.807, 2.05) is 34.9 Å². The van der Waals surface area contributed by atoms with Crippen molar-refractivity contribution >= 4 is 22.1 Å². The fourth-order valence-corrected chi connectivity index (χ4v) is 6.04. The number of hydrogen-bond donors (Lipinski definition) is 0. The van der Waals surface area contributed by atoms with E-state index in [-0.39, 0.29) is 23.4 Å². The first kappa shape index (κ1) is 21.9. The van der Waals surface area contributed by atoms with Crippen molar-refractivity contribution in [3.8, 4) is 17.1 Å². The lowest BCUT2D eigenvalue weighted by Crippen LogP contribution is -2.38. The van der Waals surface area contributed by atoms with Crippen LogP contribution < -0.4 is 0 Å². The van der Waals surface area contributed by atoms with Crippen molar-refractivity contribution in [2.24, 2.45) is 0 Å². The van der Waals surface area contributed by atoms with E-state index in [9.17, 15) is 12.8 Å². The summed E-state index contributed by atoms with van der Waals surface area (Å²) >= 11 is 5.77. The number of nitrogens with zero attached hydrogens (tertiary/aromatic N) is 4. The van der Waals surface area contributed by atoms with Crippen LogP contribution in [0.5, 0.6) is 0 Å². The van der Waals surface area contributed by atoms with Crippen LogP contribution in [0.4, 0.5) is 4.39 Å². The number of sulfone groups is 1. The van der Waals surface area contributed by atoms with Gasteiger partial charge in [-0.25, -0.2) is 17.5 Å². The van der Waals surface area contributed by atoms with E-state index < -0.39 is 9.84 Å². The molecule has 0 aliphatic carbocycles. The molecule has 1 saturated heterocycles. The smallest absolute Gasteiger partial charge is 0.204 e. The summed E-state index contributed by atoms with van der Waals surface area (Å²) in [6, 6.07) is 15.8. The molecule has 1 atom stereocenters. The summed E-state index contributed by atoms with van der Waals surface area (Å²) in [5.74, 6) is 0.737. The minimum Gasteiger partial charge on any atom is -0.280 e. The van der Waals surface area contributed by atoms with Gasteiger partial charge >= 0.3 is 0 Å². The second-order valence-electron chi connectivity index (χ2n) is 7.79. The van der Waals surface area contributed by atoms with Gasteiger partial charge in [0.25, 0.3) is 0 Å². The standard InChI is InChI=1S/C22H25FN4O2S2/c1-2-13-25(20-12-14-31(28,29)15-20)16-26-22(30)27(19-10-8-18(23)9-11-19)21(24-26)17-6-4-3-5-7-17/h3-11,20H,2,12-16H2,1H3/t20-/m0/s1. The topological polar surface area (TPSA) is 60.1 Å². The second kappa shape index (κ2) is 9.02. The average molecular weight is 461 g/mol. The van der Waals surface area contributed by atoms with Gasteiger partial charge in [0.2, 0.25) is 4.77 Å². The van der Waals surface area contributed by atoms with Crippen LogP contribution in [0.15, 0.2) is 54.6 Å². The fraction of sp³-hybridized carbons (Fsp3) is 0.364. The van der Waals surface area contributed by atoms with Gasteiger partial charge in [-0.2, -0.15) is 0 Å². The van der Waals surface area contributed by atoms with Gasteiger partial charge in [0.1, 0.15) is 5.82 Å². The van der Waals surface area contributed by atoms with Gasteiger partial charge in [0.05, 0.1) is 23.9 Å². The molecule has 9 heteroatoms. The van der Waals surface area contributed by atoms with Gasteiger partial charge in [-0.05, 0) is 55.9 Å². The Bertz CT molecular complexity index is 1200. The van der Waals surface area contributed by atoms with Gasteiger partial charge in [0, 0.05) is 11.6 Å². The highest BCUT2D eigenvalue weighted by Gasteiger charge is 2.32. The highest BCUT2D eigenvalue weighted by Crippen LogP contribution is 2.24. The largest absolute Gasteiger partial charge is 0.280 e. The lowest BCUT2D eigenvalue weighted by Gasteiger charge is -2.27. The zero-order chi connectivity index (χ0) is 22.0. The molecule has 164 valence electrons. The van der Waals surface area contributed by atoms with Crippen LogP contribution >= 0.6 is 12.2 Å². The average Bonchev–Trinajstić information content (AvgIpc) is 3.28. The Morgan fingerprint density at radius 3 is 2.48 bits per heavy atom. The van der Waals surface area contributed by atoms with E-state index in [4.69, 9.17) is 17.3 Å². The summed E-state index contributed by atoms with van der Waals surface area (Å²) in [4.78, 5) is 2.15. The van der Waals surface area contributed by atoms with Crippen molar-refractivity contribution in [3.05, 3.63) is 65.2 Å². The number of hydrogen-bond acceptors (Lipinski definition) is 5. The maximum Gasteiger partial charge on any atom is 0.204 e. The molecule has 3 aromatic rings. The molecular formula is C22H25FN4O2S2. The van der Waals surface area contributed by atoms with Crippen LogP contribution in [0.2, 0.25) is 0 Å². The highest BCUT2D eigenvalue weighted by molar-refractivity contribution is 7.91. The summed E-state index contributed by atoms with van der Waals surface area (Å²) in [7, 11) is -2.99. The van der Waals surface area contributed by atoms with Crippen LogP contribution in [-0.2, 0) is 16.5 Å². The zero-order valence-electron chi connectivity index (χ0n) is 17.3. The van der Waals surface area contributed by atoms with Crippen molar-refractivity contribution in [2.45, 2.75) is 32.5 Å². The summed E-state index contributed by atoms with van der Waals surface area (Å²) in [6.45, 7) is 3.23. The predicted octanol–water partition coefficient (Wildman–Crippen LogP) is 4.07. The maximum absolute atomic E-state index is 13.5. The summed E-state index contributed by atoms with van der Waals surface area (Å²) < 4.78 is 41.6. The van der Waals surface area contributed by atoms with Crippen molar-refractivity contribution in [3.63, 3.8) is 0 Å². The normalized spacial score (nSPS) is 18.0. The van der Waals surface area contributed by atoms with Crippen LogP contribution in [-0.4, -0.2) is 51.8 Å². The molecule has 4 rings (SSSR count). The SMILES string of the molecule is CCCN(Cn1nc(-c2ccccc2)n(-c2ccc(F)cc2)c1=S)[C@H]1CCS(=O)(=O)C1. The third-order valence-corrected chi connectivity index (χ3v) is 7.65. The van der Waals surface area contributed by atoms with Crippen LogP contribution in [0, 0.1) is 10.6 Å². The van der Waals surface area contributed by atoms with E-state index in [0.717, 1.165) is 24.2 Å². The highest BCUT2D eigenvalue weighted by atomic mass is 32.2. The summed E-state index contributed by atoms with van der Waals surface area (Å²) in [6.07, 6.45) is 1.52. The van der Waals surface area contributed by atoms with Gasteiger partial charge < -0.3 is 0 Å². The molecule has 2 aromatic carbocycles. The molecule has 2 heterocycles. The molecule has 0 spiro atoms. The first-order valence-electron chi connectivity index (χ1n) is 10.3. The van der Waals surface area contributed by atoms with Crippen LogP contribution in [0.1, 0.15) is 19.8 Å². The number of halogens is 1. The molecule has 1 aromatic heterocycles. The molecule has 31 heavy (non-hydrogen) atoms. The van der Waals surface area contributed by atoms with Gasteiger partial charge in [-0.3, -0.25) is 9.47 Å². The molecule has 6 nitrogen and oxygen atoms in total. The van der Waals surface area contributed by atoms with E-state index >= 15 is 0 Å². The molecule has 1 aliphatic rings. The van der Waals surface area contributed by atoms with Crippen LogP contribution in [0.25, 0.3) is 17.1 Å². The van der Waals surface area contributed by atoms with E-state index in [1.165, 1.54) is 12.1 Å². The van der Waals surface area contributed by atoms with Crippen molar-refractivity contribution in [1.29, 1.82) is 0 Å². The van der Waals surface area contributed by atoms with Crippen LogP contribution in [0.3, 0.4) is 0 Å². The Morgan fingerprint density at radius 2 is 1.87 bits per heavy atom. The molecule has 0 N–H and O–H groups in total. The zero-order valence-corrected chi connectivity index (χ0v) is 18.9.